The van der Waals surface area contributed by atoms with Crippen LogP contribution in [0.4, 0.5) is 4.79 Å². The Bertz CT molecular complexity index is 802. The van der Waals surface area contributed by atoms with Crippen molar-refractivity contribution in [2.75, 3.05) is 0 Å². The van der Waals surface area contributed by atoms with Gasteiger partial charge in [-0.05, 0) is 31.9 Å². The number of carbonyl (C=O) groups excluding carboxylic acids is 3. The minimum absolute atomic E-state index is 0.0138. The normalized spacial score (nSPS) is 21.1. The maximum Gasteiger partial charge on any atom is 0.318 e. The molecule has 0 unspecified atom stereocenters. The highest BCUT2D eigenvalue weighted by atomic mass is 32.1. The van der Waals surface area contributed by atoms with Crippen LogP contribution in [0.2, 0.25) is 0 Å². The van der Waals surface area contributed by atoms with Gasteiger partial charge in [0.05, 0.1) is 21.1 Å². The number of imide groups is 1. The lowest BCUT2D eigenvalue weighted by Crippen LogP contribution is -2.43. The number of nitrogens with one attached hydrogen (secondary N) is 1. The predicted octanol–water partition coefficient (Wildman–Crippen LogP) is 2.70. The van der Waals surface area contributed by atoms with Crippen LogP contribution in [0.5, 0.6) is 0 Å². The lowest BCUT2D eigenvalue weighted by Gasteiger charge is -2.29. The van der Waals surface area contributed by atoms with Crippen LogP contribution in [0.1, 0.15) is 43.5 Å². The van der Waals surface area contributed by atoms with E-state index in [0.717, 1.165) is 34.5 Å². The number of ether oxygens (including phenoxy) is 1. The summed E-state index contributed by atoms with van der Waals surface area (Å²) in [6.07, 6.45) is 2.45. The third kappa shape index (κ3) is 4.01. The molecular formula is C18H21N3O4S. The van der Waals surface area contributed by atoms with Crippen molar-refractivity contribution in [2.24, 2.45) is 11.7 Å². The molecule has 1 saturated carbocycles. The van der Waals surface area contributed by atoms with Gasteiger partial charge in [0.15, 0.2) is 6.10 Å². The van der Waals surface area contributed by atoms with Crippen molar-refractivity contribution in [3.63, 3.8) is 0 Å². The third-order valence-corrected chi connectivity index (χ3v) is 5.77. The van der Waals surface area contributed by atoms with E-state index in [0.29, 0.717) is 6.42 Å². The molecule has 0 saturated heterocycles. The maximum absolute atomic E-state index is 12.7. The molecule has 0 radical (unpaired) electrons. The summed E-state index contributed by atoms with van der Waals surface area (Å²) in [7, 11) is 0. The first-order valence-corrected chi connectivity index (χ1v) is 9.43. The molecule has 1 aliphatic carbocycles. The zero-order valence-electron chi connectivity index (χ0n) is 14.4. The lowest BCUT2D eigenvalue weighted by molar-refractivity contribution is -0.160. The van der Waals surface area contributed by atoms with Crippen molar-refractivity contribution >= 4 is 39.5 Å². The first-order chi connectivity index (χ1) is 12.5. The number of primary amides is 1. The number of urea groups is 1. The van der Waals surface area contributed by atoms with Crippen LogP contribution in [0, 0.1) is 5.92 Å². The fourth-order valence-corrected chi connectivity index (χ4v) is 4.46. The summed E-state index contributed by atoms with van der Waals surface area (Å²) in [5.74, 6) is -1.51. The van der Waals surface area contributed by atoms with Gasteiger partial charge in [0.2, 0.25) is 0 Å². The van der Waals surface area contributed by atoms with Gasteiger partial charge in [0, 0.05) is 5.92 Å². The third-order valence-electron chi connectivity index (χ3n) is 4.60. The van der Waals surface area contributed by atoms with Crippen LogP contribution in [-0.2, 0) is 14.3 Å². The van der Waals surface area contributed by atoms with Gasteiger partial charge in [0.1, 0.15) is 0 Å². The molecule has 3 N–H and O–H groups in total. The van der Waals surface area contributed by atoms with Crippen LogP contribution in [-0.4, -0.2) is 29.0 Å². The topological polar surface area (TPSA) is 111 Å². The van der Waals surface area contributed by atoms with Crippen molar-refractivity contribution in [2.45, 2.75) is 44.6 Å². The Hall–Kier alpha value is -2.48. The molecule has 2 aromatic rings. The standard InChI is InChI=1S/C18H21N3O4S/c1-10(15(22)21-18(19)24)25-17(23)12-7-3-2-6-11(12)16-20-13-8-4-5-9-14(13)26-16/h4-5,8-12H,2-3,6-7H2,1H3,(H3,19,21,22,24)/t10-,11-,12-/m0/s1. The Morgan fingerprint density at radius 3 is 2.73 bits per heavy atom. The summed E-state index contributed by atoms with van der Waals surface area (Å²) in [5.41, 5.74) is 5.85. The quantitative estimate of drug-likeness (QED) is 0.798. The van der Waals surface area contributed by atoms with E-state index in [2.05, 4.69) is 0 Å². The number of hydrogen-bond donors (Lipinski definition) is 2. The number of rotatable bonds is 4. The molecule has 3 rings (SSSR count). The van der Waals surface area contributed by atoms with Gasteiger partial charge in [-0.3, -0.25) is 14.9 Å². The number of carbonyl (C=O) groups is 3. The fourth-order valence-electron chi connectivity index (χ4n) is 3.30. The predicted molar refractivity (Wildman–Crippen MR) is 97.6 cm³/mol. The summed E-state index contributed by atoms with van der Waals surface area (Å²) < 4.78 is 6.39. The smallest absolute Gasteiger partial charge is 0.318 e. The van der Waals surface area contributed by atoms with Gasteiger partial charge in [-0.15, -0.1) is 11.3 Å². The number of nitrogens with zero attached hydrogens (tertiary/aromatic N) is 1. The first kappa shape index (κ1) is 18.3. The second-order valence-corrected chi connectivity index (χ2v) is 7.51. The van der Waals surface area contributed by atoms with E-state index in [1.807, 2.05) is 29.6 Å². The number of thiazole rings is 1. The molecule has 7 nitrogen and oxygen atoms in total. The summed E-state index contributed by atoms with van der Waals surface area (Å²) >= 11 is 1.60. The van der Waals surface area contributed by atoms with E-state index in [1.54, 1.807) is 11.3 Å². The van der Waals surface area contributed by atoms with E-state index in [4.69, 9.17) is 15.5 Å². The number of amides is 3. The van der Waals surface area contributed by atoms with E-state index in [9.17, 15) is 14.4 Å². The molecule has 3 atom stereocenters. The fraction of sp³-hybridized carbons (Fsp3) is 0.444. The SMILES string of the molecule is C[C@H](OC(=O)[C@H]1CCCC[C@@H]1c1nc2ccccc2s1)C(=O)NC(N)=O. The van der Waals surface area contributed by atoms with E-state index < -0.39 is 24.0 Å². The van der Waals surface area contributed by atoms with Gasteiger partial charge in [-0.1, -0.05) is 25.0 Å². The Morgan fingerprint density at radius 1 is 1.27 bits per heavy atom. The minimum atomic E-state index is -1.08. The summed E-state index contributed by atoms with van der Waals surface area (Å²) in [4.78, 5) is 39.9. The molecule has 0 spiro atoms. The number of esters is 1. The molecule has 0 bridgehead atoms. The summed E-state index contributed by atoms with van der Waals surface area (Å²) in [6, 6.07) is 6.92. The van der Waals surface area contributed by atoms with Crippen LogP contribution in [0.25, 0.3) is 10.2 Å². The zero-order valence-corrected chi connectivity index (χ0v) is 15.3. The highest BCUT2D eigenvalue weighted by molar-refractivity contribution is 7.18. The second kappa shape index (κ2) is 7.82. The number of fused-ring (bicyclic) bond motifs is 1. The molecule has 138 valence electrons. The number of para-hydroxylation sites is 1. The minimum Gasteiger partial charge on any atom is -0.452 e. The number of benzene rings is 1. The molecule has 0 aliphatic heterocycles. The van der Waals surface area contributed by atoms with Crippen molar-refractivity contribution in [3.05, 3.63) is 29.3 Å². The molecule has 26 heavy (non-hydrogen) atoms. The number of aromatic nitrogens is 1. The van der Waals surface area contributed by atoms with Crippen molar-refractivity contribution < 1.29 is 19.1 Å². The molecule has 8 heteroatoms. The largest absolute Gasteiger partial charge is 0.452 e. The van der Waals surface area contributed by atoms with Crippen LogP contribution in [0.15, 0.2) is 24.3 Å². The van der Waals surface area contributed by atoms with Gasteiger partial charge >= 0.3 is 12.0 Å². The average molecular weight is 375 g/mol. The van der Waals surface area contributed by atoms with Crippen LogP contribution in [0.3, 0.4) is 0 Å². The number of nitrogens with two attached hydrogens (primary N) is 1. The molecule has 1 fully saturated rings. The molecule has 1 aromatic carbocycles. The van der Waals surface area contributed by atoms with Crippen LogP contribution < -0.4 is 11.1 Å². The van der Waals surface area contributed by atoms with E-state index in [1.165, 1.54) is 6.92 Å². The molecule has 1 aliphatic rings. The van der Waals surface area contributed by atoms with Gasteiger partial charge in [0.25, 0.3) is 5.91 Å². The van der Waals surface area contributed by atoms with E-state index >= 15 is 0 Å². The number of hydrogen-bond acceptors (Lipinski definition) is 6. The first-order valence-electron chi connectivity index (χ1n) is 8.62. The average Bonchev–Trinajstić information content (AvgIpc) is 3.05. The van der Waals surface area contributed by atoms with Crippen molar-refractivity contribution in [3.8, 4) is 0 Å². The highest BCUT2D eigenvalue weighted by Crippen LogP contribution is 2.41. The molecule has 3 amide bonds. The Balaban J connectivity index is 1.74. The summed E-state index contributed by atoms with van der Waals surface area (Å²) in [5, 5.41) is 2.86. The second-order valence-electron chi connectivity index (χ2n) is 6.45. The summed E-state index contributed by atoms with van der Waals surface area (Å²) in [6.45, 7) is 1.42. The van der Waals surface area contributed by atoms with E-state index in [-0.39, 0.29) is 11.8 Å². The maximum atomic E-state index is 12.7. The van der Waals surface area contributed by atoms with Gasteiger partial charge in [-0.2, -0.15) is 0 Å². The van der Waals surface area contributed by atoms with Crippen LogP contribution >= 0.6 is 11.3 Å². The van der Waals surface area contributed by atoms with Crippen molar-refractivity contribution in [1.82, 2.24) is 10.3 Å². The Labute approximate surface area is 154 Å². The van der Waals surface area contributed by atoms with Gasteiger partial charge < -0.3 is 10.5 Å². The molecule has 1 heterocycles. The molecular weight excluding hydrogens is 354 g/mol. The van der Waals surface area contributed by atoms with Crippen molar-refractivity contribution in [1.29, 1.82) is 0 Å². The Morgan fingerprint density at radius 2 is 2.00 bits per heavy atom. The van der Waals surface area contributed by atoms with Gasteiger partial charge in [-0.25, -0.2) is 9.78 Å². The zero-order chi connectivity index (χ0) is 18.7. The molecule has 1 aromatic heterocycles. The lowest BCUT2D eigenvalue weighted by atomic mass is 9.79. The monoisotopic (exact) mass is 375 g/mol. The highest BCUT2D eigenvalue weighted by Gasteiger charge is 2.36. The Kier molecular flexibility index (Phi) is 5.51.